The van der Waals surface area contributed by atoms with Gasteiger partial charge in [0, 0.05) is 68.5 Å². The van der Waals surface area contributed by atoms with Crippen molar-refractivity contribution in [3.05, 3.63) is 198 Å². The van der Waals surface area contributed by atoms with Crippen LogP contribution >= 0.6 is 0 Å². The Morgan fingerprint density at radius 1 is 0.549 bits per heavy atom. The van der Waals surface area contributed by atoms with Crippen molar-refractivity contribution < 1.29 is 25.8 Å². The number of pyridine rings is 1. The molecule has 4 heterocycles. The summed E-state index contributed by atoms with van der Waals surface area (Å²) >= 11 is 0. The second-order valence-electron chi connectivity index (χ2n) is 22.7. The number of nitrogens with zero attached hydrogens (tertiary/aromatic N) is 4. The third-order valence-corrected chi connectivity index (χ3v) is 14.9. The zero-order chi connectivity index (χ0) is 49.1. The molecule has 6 heteroatoms. The Kier molecular flexibility index (Phi) is 12.0. The quantitative estimate of drug-likeness (QED) is 0.0775. The van der Waals surface area contributed by atoms with E-state index in [9.17, 15) is 0 Å². The number of quaternary nitrogens is 2. The van der Waals surface area contributed by atoms with Crippen LogP contribution in [0.1, 0.15) is 129 Å². The number of rotatable bonds is 10. The zero-order valence-corrected chi connectivity index (χ0v) is 45.5. The second kappa shape index (κ2) is 17.6. The summed E-state index contributed by atoms with van der Waals surface area (Å²) in [5.41, 5.74) is 18.1. The molecule has 0 aliphatic carbocycles. The number of para-hydroxylation sites is 3. The number of aromatic nitrogens is 2. The second-order valence-corrected chi connectivity index (χ2v) is 22.7. The Morgan fingerprint density at radius 2 is 1.20 bits per heavy atom. The van der Waals surface area contributed by atoms with Gasteiger partial charge >= 0.3 is 0 Å². The molecule has 11 rings (SSSR count). The number of hydrogen-bond acceptors (Lipinski definition) is 2. The maximum Gasteiger partial charge on any atom is 0.225 e. The van der Waals surface area contributed by atoms with Gasteiger partial charge in [-0.05, 0) is 96.7 Å². The fraction of sp³-hybridized carbons (Fsp3) is 0.262. The van der Waals surface area contributed by atoms with E-state index in [1.165, 1.54) is 61.6 Å². The number of ether oxygens (including phenoxy) is 1. The first kappa shape index (κ1) is 48.5. The third-order valence-electron chi connectivity index (χ3n) is 14.9. The van der Waals surface area contributed by atoms with Gasteiger partial charge in [0.05, 0.1) is 5.69 Å². The van der Waals surface area contributed by atoms with Crippen molar-refractivity contribution in [1.82, 2.24) is 18.7 Å². The van der Waals surface area contributed by atoms with E-state index in [-0.39, 0.29) is 31.9 Å². The Hall–Kier alpha value is -6.10. The van der Waals surface area contributed by atoms with Gasteiger partial charge in [-0.15, -0.1) is 29.1 Å². The molecule has 0 amide bonds. The van der Waals surface area contributed by atoms with Gasteiger partial charge in [0.1, 0.15) is 5.82 Å². The van der Waals surface area contributed by atoms with Crippen molar-refractivity contribution >= 4 is 44.6 Å². The molecular formula is C65H65N4OPt-. The third kappa shape index (κ3) is 7.91. The van der Waals surface area contributed by atoms with Crippen molar-refractivity contribution in [1.29, 1.82) is 0 Å². The van der Waals surface area contributed by atoms with Crippen molar-refractivity contribution in [3.63, 3.8) is 0 Å². The van der Waals surface area contributed by atoms with Crippen molar-refractivity contribution in [2.24, 2.45) is 0 Å². The molecule has 1 saturated heterocycles. The van der Waals surface area contributed by atoms with Gasteiger partial charge in [-0.2, -0.15) is 10.7 Å². The first-order chi connectivity index (χ1) is 33.4. The number of fused-ring (bicyclic) bond motifs is 7. The van der Waals surface area contributed by atoms with E-state index < -0.39 is 0 Å². The van der Waals surface area contributed by atoms with E-state index in [0.29, 0.717) is 38.4 Å². The van der Waals surface area contributed by atoms with E-state index in [2.05, 4.69) is 252 Å². The predicted molar refractivity (Wildman–Crippen MR) is 293 cm³/mol. The Balaban J connectivity index is 0.00000582. The van der Waals surface area contributed by atoms with Gasteiger partial charge in [0.2, 0.25) is 11.4 Å². The minimum Gasteiger partial charge on any atom is -0.509 e. The Bertz CT molecular complexity index is 3490. The van der Waals surface area contributed by atoms with E-state index in [0.717, 1.165) is 38.9 Å². The molecule has 2 aliphatic heterocycles. The van der Waals surface area contributed by atoms with Gasteiger partial charge in [0.25, 0.3) is 0 Å². The molecule has 2 aromatic heterocycles. The molecule has 0 spiro atoms. The van der Waals surface area contributed by atoms with Crippen LogP contribution < -0.4 is 13.9 Å². The minimum absolute atomic E-state index is 0. The molecule has 1 unspecified atom stereocenters. The van der Waals surface area contributed by atoms with Crippen LogP contribution in [0, 0.1) is 18.8 Å². The summed E-state index contributed by atoms with van der Waals surface area (Å²) in [6, 6.07) is 61.4. The fourth-order valence-corrected chi connectivity index (χ4v) is 11.0. The molecule has 2 atom stereocenters. The van der Waals surface area contributed by atoms with Gasteiger partial charge < -0.3 is 9.30 Å². The molecule has 1 fully saturated rings. The SMILES string of the molecule is CC(C)c1cc(C(C)C)c(-c2cc(Oc3[c-]c4c(cc3)c3ccccc3n4-c3cc(C(C)(C)C)ccn3)[c-]c([N+]34[CH-][N@+]3(c3cc(-c5ccccc5)cc(C(C)(C)C)c3)c3ccccc34)c2)c(C(C)C)c1.[Pt]. The smallest absolute Gasteiger partial charge is 0.225 e. The van der Waals surface area contributed by atoms with Crippen LogP contribution in [0.4, 0.5) is 22.7 Å². The summed E-state index contributed by atoms with van der Waals surface area (Å²) in [6.45, 7) is 30.1. The summed E-state index contributed by atoms with van der Waals surface area (Å²) in [4.78, 5) is 4.96. The van der Waals surface area contributed by atoms with Gasteiger partial charge in [-0.3, -0.25) is 0 Å². The van der Waals surface area contributed by atoms with Crippen molar-refractivity contribution in [3.8, 4) is 39.6 Å². The van der Waals surface area contributed by atoms with Gasteiger partial charge in [-0.1, -0.05) is 180 Å². The molecule has 0 saturated carbocycles. The summed E-state index contributed by atoms with van der Waals surface area (Å²) in [5, 5.41) is 2.25. The van der Waals surface area contributed by atoms with Crippen molar-refractivity contribution in [2.45, 2.75) is 112 Å². The molecule has 9 aromatic rings. The van der Waals surface area contributed by atoms with E-state index in [1.807, 2.05) is 6.20 Å². The molecule has 5 nitrogen and oxygen atoms in total. The standard InChI is InChI=1S/C65H65N4O.Pt/c1-41(2)45-34-56(42(3)4)63(57(35-45)43(5)6)47-32-51(69-40-68(69,60-24-18-19-25-61(60)69)50-31-46(44-20-14-13-15-21-44)30-49(36-50)65(10,11)12)38-53(33-47)70-52-26-27-55-54-22-16-17-23-58(54)67(59(55)39-52)62-37-48(28-29-66-62)64(7,8)9;/h13-37,40-43H,1-12H3;/q-1;/t68-,69?;/m0./s1. The van der Waals surface area contributed by atoms with E-state index >= 15 is 0 Å². The maximum atomic E-state index is 7.19. The van der Waals surface area contributed by atoms with Gasteiger partial charge in [-0.25, -0.2) is 9.58 Å². The largest absolute Gasteiger partial charge is 0.509 e. The molecule has 7 aromatic carbocycles. The maximum absolute atomic E-state index is 7.19. The van der Waals surface area contributed by atoms with E-state index in [1.54, 1.807) is 0 Å². The first-order valence-corrected chi connectivity index (χ1v) is 25.2. The average molecular weight is 1110 g/mol. The molecular weight excluding hydrogens is 1050 g/mol. The number of hydrogen-bond donors (Lipinski definition) is 0. The van der Waals surface area contributed by atoms with Crippen LogP contribution in [-0.4, -0.2) is 9.55 Å². The summed E-state index contributed by atoms with van der Waals surface area (Å²) in [6.07, 6.45) is 1.93. The molecule has 71 heavy (non-hydrogen) atoms. The zero-order valence-electron chi connectivity index (χ0n) is 43.3. The monoisotopic (exact) mass is 1110 g/mol. The van der Waals surface area contributed by atoms with Crippen molar-refractivity contribution in [2.75, 3.05) is 0 Å². The van der Waals surface area contributed by atoms with Crippen LogP contribution in [0.3, 0.4) is 0 Å². The molecule has 0 radical (unpaired) electrons. The fourth-order valence-electron chi connectivity index (χ4n) is 11.0. The van der Waals surface area contributed by atoms with Crippen LogP contribution in [0.5, 0.6) is 11.5 Å². The minimum atomic E-state index is -0.0711. The molecule has 0 N–H and O–H groups in total. The summed E-state index contributed by atoms with van der Waals surface area (Å²) < 4.78 is 10.5. The molecule has 2 aliphatic rings. The molecule has 0 bridgehead atoms. The summed E-state index contributed by atoms with van der Waals surface area (Å²) in [7, 11) is 0. The average Bonchev–Trinajstić information content (AvgIpc) is 3.83. The van der Waals surface area contributed by atoms with Crippen LogP contribution in [0.25, 0.3) is 49.9 Å². The number of benzene rings is 7. The topological polar surface area (TPSA) is 27.1 Å². The first-order valence-electron chi connectivity index (χ1n) is 25.2. The van der Waals surface area contributed by atoms with Crippen LogP contribution in [-0.2, 0) is 31.9 Å². The Morgan fingerprint density at radius 3 is 1.86 bits per heavy atom. The van der Waals surface area contributed by atoms with E-state index in [4.69, 9.17) is 9.72 Å². The van der Waals surface area contributed by atoms with Crippen LogP contribution in [0.15, 0.2) is 152 Å². The van der Waals surface area contributed by atoms with Crippen LogP contribution in [0.2, 0.25) is 0 Å². The predicted octanol–water partition coefficient (Wildman–Crippen LogP) is 18.2. The Labute approximate surface area is 436 Å². The van der Waals surface area contributed by atoms with Gasteiger partial charge in [0.15, 0.2) is 12.4 Å². The normalized spacial score (nSPS) is 17.3. The molecule has 362 valence electrons. The summed E-state index contributed by atoms with van der Waals surface area (Å²) in [5.74, 6) is 3.13.